The summed E-state index contributed by atoms with van der Waals surface area (Å²) in [5.74, 6) is -0.116. The predicted octanol–water partition coefficient (Wildman–Crippen LogP) is 3.87. The van der Waals surface area contributed by atoms with Gasteiger partial charge < -0.3 is 5.32 Å². The number of rotatable bonds is 2. The van der Waals surface area contributed by atoms with E-state index in [1.54, 1.807) is 22.0 Å². The third-order valence-electron chi connectivity index (χ3n) is 4.48. The molecule has 7 heteroatoms. The first-order valence-electron chi connectivity index (χ1n) is 7.94. The third kappa shape index (κ3) is 2.59. The molecule has 0 radical (unpaired) electrons. The number of hydrogen-bond acceptors (Lipinski definition) is 4. The van der Waals surface area contributed by atoms with Crippen molar-refractivity contribution in [3.8, 4) is 0 Å². The Morgan fingerprint density at radius 1 is 1.42 bits per heavy atom. The normalized spacial score (nSPS) is 17.0. The molecule has 0 saturated heterocycles. The number of amides is 1. The summed E-state index contributed by atoms with van der Waals surface area (Å²) in [6.07, 6.45) is 4.66. The van der Waals surface area contributed by atoms with Crippen LogP contribution in [0, 0.1) is 13.8 Å². The number of halogens is 1. The van der Waals surface area contributed by atoms with Gasteiger partial charge in [0.05, 0.1) is 27.3 Å². The van der Waals surface area contributed by atoms with E-state index in [4.69, 9.17) is 11.6 Å². The van der Waals surface area contributed by atoms with Crippen LogP contribution in [0.25, 0.3) is 5.65 Å². The fraction of sp³-hybridized carbons (Fsp3) is 0.353. The largest absolute Gasteiger partial charge is 0.345 e. The predicted molar refractivity (Wildman–Crippen MR) is 94.9 cm³/mol. The van der Waals surface area contributed by atoms with E-state index in [-0.39, 0.29) is 11.9 Å². The van der Waals surface area contributed by atoms with Crippen LogP contribution >= 0.6 is 22.9 Å². The molecule has 0 aromatic carbocycles. The number of hydrogen-bond donors (Lipinski definition) is 1. The molecule has 3 aromatic rings. The number of nitrogens with zero attached hydrogens (tertiary/aromatic N) is 3. The van der Waals surface area contributed by atoms with Gasteiger partial charge in [0.25, 0.3) is 5.91 Å². The minimum Gasteiger partial charge on any atom is -0.345 e. The molecule has 0 aliphatic heterocycles. The fourth-order valence-electron chi connectivity index (χ4n) is 3.29. The van der Waals surface area contributed by atoms with Crippen LogP contribution in [0.3, 0.4) is 0 Å². The van der Waals surface area contributed by atoms with Gasteiger partial charge in [0.15, 0.2) is 5.65 Å². The minimum atomic E-state index is -0.116. The van der Waals surface area contributed by atoms with Gasteiger partial charge in [-0.05, 0) is 44.7 Å². The second-order valence-electron chi connectivity index (χ2n) is 6.16. The van der Waals surface area contributed by atoms with Crippen molar-refractivity contribution in [1.29, 1.82) is 0 Å². The van der Waals surface area contributed by atoms with Gasteiger partial charge >= 0.3 is 0 Å². The van der Waals surface area contributed by atoms with Crippen molar-refractivity contribution in [2.75, 3.05) is 0 Å². The van der Waals surface area contributed by atoms with Gasteiger partial charge in [0, 0.05) is 17.1 Å². The number of aromatic nitrogens is 3. The molecule has 4 rings (SSSR count). The summed E-state index contributed by atoms with van der Waals surface area (Å²) in [5.41, 5.74) is 4.15. The maximum atomic E-state index is 12.8. The monoisotopic (exact) mass is 360 g/mol. The second-order valence-corrected chi connectivity index (χ2v) is 7.93. The van der Waals surface area contributed by atoms with E-state index in [1.807, 2.05) is 26.0 Å². The van der Waals surface area contributed by atoms with Crippen LogP contribution in [0.2, 0.25) is 4.34 Å². The zero-order chi connectivity index (χ0) is 16.8. The zero-order valence-corrected chi connectivity index (χ0v) is 15.0. The van der Waals surface area contributed by atoms with Crippen LogP contribution in [0.5, 0.6) is 0 Å². The fourth-order valence-corrected chi connectivity index (χ4v) is 4.68. The van der Waals surface area contributed by atoms with Crippen LogP contribution in [0.4, 0.5) is 0 Å². The van der Waals surface area contributed by atoms with E-state index in [1.165, 1.54) is 4.88 Å². The van der Waals surface area contributed by atoms with Gasteiger partial charge in [-0.15, -0.1) is 11.3 Å². The van der Waals surface area contributed by atoms with Crippen LogP contribution in [-0.2, 0) is 6.42 Å². The molecule has 3 heterocycles. The lowest BCUT2D eigenvalue weighted by Crippen LogP contribution is -2.31. The molecule has 1 amide bonds. The van der Waals surface area contributed by atoms with E-state index in [0.29, 0.717) is 5.56 Å². The van der Waals surface area contributed by atoms with Crippen LogP contribution in [0.15, 0.2) is 18.3 Å². The van der Waals surface area contributed by atoms with Crippen molar-refractivity contribution >= 4 is 34.5 Å². The topological polar surface area (TPSA) is 59.3 Å². The van der Waals surface area contributed by atoms with Gasteiger partial charge in [-0.3, -0.25) is 4.79 Å². The third-order valence-corrected chi connectivity index (χ3v) is 5.82. The minimum absolute atomic E-state index is 0.0134. The number of fused-ring (bicyclic) bond motifs is 2. The van der Waals surface area contributed by atoms with E-state index in [0.717, 1.165) is 46.2 Å². The van der Waals surface area contributed by atoms with E-state index in [9.17, 15) is 4.79 Å². The number of thiophene rings is 1. The van der Waals surface area contributed by atoms with E-state index in [2.05, 4.69) is 15.4 Å². The first-order valence-corrected chi connectivity index (χ1v) is 9.13. The molecule has 0 bridgehead atoms. The molecule has 24 heavy (non-hydrogen) atoms. The van der Waals surface area contributed by atoms with Crippen molar-refractivity contribution in [3.63, 3.8) is 0 Å². The molecule has 0 saturated carbocycles. The van der Waals surface area contributed by atoms with E-state index < -0.39 is 0 Å². The molecule has 1 aliphatic rings. The summed E-state index contributed by atoms with van der Waals surface area (Å²) >= 11 is 7.76. The Labute approximate surface area is 148 Å². The highest BCUT2D eigenvalue weighted by molar-refractivity contribution is 7.16. The van der Waals surface area contributed by atoms with Gasteiger partial charge in [0.1, 0.15) is 0 Å². The highest BCUT2D eigenvalue weighted by Gasteiger charge is 2.25. The summed E-state index contributed by atoms with van der Waals surface area (Å²) in [5, 5.41) is 7.55. The number of carbonyl (C=O) groups is 1. The smallest absolute Gasteiger partial charge is 0.255 e. The Morgan fingerprint density at radius 3 is 3.08 bits per heavy atom. The Kier molecular flexibility index (Phi) is 3.81. The van der Waals surface area contributed by atoms with Gasteiger partial charge in [-0.1, -0.05) is 11.6 Å². The highest BCUT2D eigenvalue weighted by atomic mass is 35.5. The van der Waals surface area contributed by atoms with Crippen molar-refractivity contribution in [2.24, 2.45) is 0 Å². The summed E-state index contributed by atoms with van der Waals surface area (Å²) in [6, 6.07) is 3.89. The molecule has 0 spiro atoms. The zero-order valence-electron chi connectivity index (χ0n) is 13.5. The van der Waals surface area contributed by atoms with Crippen molar-refractivity contribution < 1.29 is 4.79 Å². The lowest BCUT2D eigenvalue weighted by atomic mass is 9.94. The SMILES string of the molecule is Cc1cc2ncc(C(=O)NC3CCCc4sc(Cl)cc43)c(C)n2n1. The second kappa shape index (κ2) is 5.86. The number of aryl methyl sites for hydroxylation is 3. The number of carbonyl (C=O) groups excluding carboxylic acids is 1. The summed E-state index contributed by atoms with van der Waals surface area (Å²) < 4.78 is 2.50. The van der Waals surface area contributed by atoms with Gasteiger partial charge in [-0.2, -0.15) is 5.10 Å². The van der Waals surface area contributed by atoms with Crippen molar-refractivity contribution in [2.45, 2.75) is 39.2 Å². The average Bonchev–Trinajstić information content (AvgIpc) is 3.10. The molecular weight excluding hydrogens is 344 g/mol. The Hall–Kier alpha value is -1.92. The standard InChI is InChI=1S/C17H17ClN4OS/c1-9-6-16-19-8-12(10(2)22(16)21-9)17(23)20-13-4-3-5-14-11(13)7-15(18)24-14/h6-8,13H,3-5H2,1-2H3,(H,20,23). The highest BCUT2D eigenvalue weighted by Crippen LogP contribution is 2.37. The van der Waals surface area contributed by atoms with Crippen LogP contribution in [0.1, 0.15) is 51.1 Å². The average molecular weight is 361 g/mol. The van der Waals surface area contributed by atoms with Crippen molar-refractivity contribution in [3.05, 3.63) is 50.1 Å². The molecule has 1 atom stereocenters. The maximum Gasteiger partial charge on any atom is 0.255 e. The summed E-state index contributed by atoms with van der Waals surface area (Å²) in [7, 11) is 0. The molecule has 0 fully saturated rings. The molecular formula is C17H17ClN4OS. The lowest BCUT2D eigenvalue weighted by molar-refractivity contribution is 0.0931. The van der Waals surface area contributed by atoms with Crippen LogP contribution < -0.4 is 5.32 Å². The molecule has 5 nitrogen and oxygen atoms in total. The number of nitrogens with one attached hydrogen (secondary N) is 1. The Bertz CT molecular complexity index is 946. The lowest BCUT2D eigenvalue weighted by Gasteiger charge is -2.23. The molecule has 1 N–H and O–H groups in total. The molecule has 1 unspecified atom stereocenters. The van der Waals surface area contributed by atoms with Gasteiger partial charge in [0.2, 0.25) is 0 Å². The molecule has 1 aliphatic carbocycles. The maximum absolute atomic E-state index is 12.8. The first-order chi connectivity index (χ1) is 11.5. The molecule has 3 aromatic heterocycles. The quantitative estimate of drug-likeness (QED) is 0.754. The first kappa shape index (κ1) is 15.6. The summed E-state index contributed by atoms with van der Waals surface area (Å²) in [4.78, 5) is 18.4. The molecule has 124 valence electrons. The van der Waals surface area contributed by atoms with Crippen LogP contribution in [-0.4, -0.2) is 20.5 Å². The Morgan fingerprint density at radius 2 is 2.25 bits per heavy atom. The summed E-state index contributed by atoms with van der Waals surface area (Å²) in [6.45, 7) is 3.81. The Balaban J connectivity index is 1.64. The van der Waals surface area contributed by atoms with Crippen molar-refractivity contribution in [1.82, 2.24) is 19.9 Å². The van der Waals surface area contributed by atoms with E-state index >= 15 is 0 Å². The van der Waals surface area contributed by atoms with Gasteiger partial charge in [-0.25, -0.2) is 9.50 Å².